The average molecular weight is 397 g/mol. The largest absolute Gasteiger partial charge is 0.468 e. The summed E-state index contributed by atoms with van der Waals surface area (Å²) in [5.41, 5.74) is 2.39. The van der Waals surface area contributed by atoms with Crippen molar-refractivity contribution in [2.75, 3.05) is 31.6 Å². The Kier molecular flexibility index (Phi) is 6.12. The number of ether oxygens (including phenoxy) is 1. The molecule has 3 rings (SSSR count). The van der Waals surface area contributed by atoms with Crippen molar-refractivity contribution in [3.05, 3.63) is 35.2 Å². The normalized spacial score (nSPS) is 17.9. The maximum Gasteiger partial charge on any atom is 0.422 e. The van der Waals surface area contributed by atoms with Gasteiger partial charge in [0.2, 0.25) is 5.88 Å². The minimum atomic E-state index is -4.37. The van der Waals surface area contributed by atoms with Crippen LogP contribution in [0.2, 0.25) is 0 Å². The molecule has 0 saturated carbocycles. The number of aryl methyl sites for hydroxylation is 3. The lowest BCUT2D eigenvalue weighted by molar-refractivity contribution is -0.154. The summed E-state index contributed by atoms with van der Waals surface area (Å²) in [6.45, 7) is 5.55. The molecule has 0 radical (unpaired) electrons. The summed E-state index contributed by atoms with van der Waals surface area (Å²) in [4.78, 5) is 6.68. The Morgan fingerprint density at radius 1 is 1.29 bits per heavy atom. The first-order valence-corrected chi connectivity index (χ1v) is 9.33. The SMILES string of the molecule is Cc1cccc(NCC2CCN(Cc3c(C)nn(C)c3OCC(F)(F)F)C2)n1. The van der Waals surface area contributed by atoms with E-state index in [4.69, 9.17) is 4.74 Å². The summed E-state index contributed by atoms with van der Waals surface area (Å²) in [5, 5.41) is 7.61. The van der Waals surface area contributed by atoms with Crippen molar-refractivity contribution in [2.45, 2.75) is 33.0 Å². The summed E-state index contributed by atoms with van der Waals surface area (Å²) < 4.78 is 44.0. The Morgan fingerprint density at radius 2 is 2.07 bits per heavy atom. The molecular weight excluding hydrogens is 371 g/mol. The molecule has 0 aliphatic carbocycles. The van der Waals surface area contributed by atoms with E-state index in [9.17, 15) is 13.2 Å². The van der Waals surface area contributed by atoms with Gasteiger partial charge in [0.25, 0.3) is 0 Å². The van der Waals surface area contributed by atoms with Gasteiger partial charge in [-0.2, -0.15) is 18.3 Å². The first-order chi connectivity index (χ1) is 13.2. The highest BCUT2D eigenvalue weighted by atomic mass is 19.4. The number of hydrogen-bond donors (Lipinski definition) is 1. The van der Waals surface area contributed by atoms with Gasteiger partial charge in [0.15, 0.2) is 6.61 Å². The number of halogens is 3. The third-order valence-electron chi connectivity index (χ3n) is 4.87. The van der Waals surface area contributed by atoms with Gasteiger partial charge < -0.3 is 10.1 Å². The van der Waals surface area contributed by atoms with E-state index in [-0.39, 0.29) is 5.88 Å². The van der Waals surface area contributed by atoms with E-state index < -0.39 is 12.8 Å². The van der Waals surface area contributed by atoms with E-state index in [0.29, 0.717) is 18.2 Å². The minimum Gasteiger partial charge on any atom is -0.468 e. The summed E-state index contributed by atoms with van der Waals surface area (Å²) >= 11 is 0. The van der Waals surface area contributed by atoms with E-state index >= 15 is 0 Å². The molecule has 1 N–H and O–H groups in total. The summed E-state index contributed by atoms with van der Waals surface area (Å²) in [6.07, 6.45) is -3.35. The van der Waals surface area contributed by atoms with E-state index in [1.807, 2.05) is 25.1 Å². The molecule has 0 aromatic carbocycles. The second-order valence-corrected chi connectivity index (χ2v) is 7.33. The standard InChI is InChI=1S/C19H26F3N5O/c1-13-5-4-6-17(24-13)23-9-15-7-8-27(10-15)11-16-14(2)25-26(3)18(16)28-12-19(20,21)22/h4-6,15H,7-12H2,1-3H3,(H,23,24). The fourth-order valence-electron chi connectivity index (χ4n) is 3.53. The van der Waals surface area contributed by atoms with Crippen LogP contribution in [0.3, 0.4) is 0 Å². The summed E-state index contributed by atoms with van der Waals surface area (Å²) in [7, 11) is 1.60. The quantitative estimate of drug-likeness (QED) is 0.777. The topological polar surface area (TPSA) is 55.2 Å². The Labute approximate surface area is 162 Å². The fraction of sp³-hybridized carbons (Fsp3) is 0.579. The average Bonchev–Trinajstić information content (AvgIpc) is 3.15. The van der Waals surface area contributed by atoms with Crippen molar-refractivity contribution >= 4 is 5.82 Å². The monoisotopic (exact) mass is 397 g/mol. The zero-order chi connectivity index (χ0) is 20.3. The third kappa shape index (κ3) is 5.37. The van der Waals surface area contributed by atoms with Crippen molar-refractivity contribution in [1.29, 1.82) is 0 Å². The van der Waals surface area contributed by atoms with Crippen LogP contribution in [0.4, 0.5) is 19.0 Å². The highest BCUT2D eigenvalue weighted by Gasteiger charge is 2.31. The molecule has 2 aromatic rings. The first-order valence-electron chi connectivity index (χ1n) is 9.33. The van der Waals surface area contributed by atoms with Crippen LogP contribution >= 0.6 is 0 Å². The van der Waals surface area contributed by atoms with Crippen LogP contribution in [-0.2, 0) is 13.6 Å². The highest BCUT2D eigenvalue weighted by Crippen LogP contribution is 2.28. The molecule has 1 fully saturated rings. The van der Waals surface area contributed by atoms with Crippen molar-refractivity contribution in [1.82, 2.24) is 19.7 Å². The van der Waals surface area contributed by atoms with E-state index in [1.165, 1.54) is 4.68 Å². The molecule has 28 heavy (non-hydrogen) atoms. The molecule has 1 atom stereocenters. The van der Waals surface area contributed by atoms with Gasteiger partial charge in [-0.3, -0.25) is 4.90 Å². The lowest BCUT2D eigenvalue weighted by Gasteiger charge is -2.18. The Bertz CT molecular complexity index is 805. The number of nitrogens with one attached hydrogen (secondary N) is 1. The van der Waals surface area contributed by atoms with Crippen molar-refractivity contribution in [3.63, 3.8) is 0 Å². The molecular formula is C19H26F3N5O. The highest BCUT2D eigenvalue weighted by molar-refractivity contribution is 5.35. The molecule has 2 aromatic heterocycles. The maximum absolute atomic E-state index is 12.5. The molecule has 0 spiro atoms. The van der Waals surface area contributed by atoms with Crippen LogP contribution in [0.25, 0.3) is 0 Å². The van der Waals surface area contributed by atoms with Crippen LogP contribution in [0.15, 0.2) is 18.2 Å². The molecule has 1 unspecified atom stereocenters. The molecule has 3 heterocycles. The molecule has 1 aliphatic rings. The summed E-state index contributed by atoms with van der Waals surface area (Å²) in [6, 6.07) is 5.87. The second kappa shape index (κ2) is 8.38. The third-order valence-corrected chi connectivity index (χ3v) is 4.87. The number of nitrogens with zero attached hydrogens (tertiary/aromatic N) is 4. The minimum absolute atomic E-state index is 0.195. The lowest BCUT2D eigenvalue weighted by atomic mass is 10.1. The smallest absolute Gasteiger partial charge is 0.422 e. The number of hydrogen-bond acceptors (Lipinski definition) is 5. The van der Waals surface area contributed by atoms with Crippen molar-refractivity contribution < 1.29 is 17.9 Å². The van der Waals surface area contributed by atoms with Gasteiger partial charge in [-0.05, 0) is 44.9 Å². The maximum atomic E-state index is 12.5. The van der Waals surface area contributed by atoms with E-state index in [0.717, 1.165) is 43.1 Å². The van der Waals surface area contributed by atoms with Crippen LogP contribution < -0.4 is 10.1 Å². The number of rotatable bonds is 7. The Morgan fingerprint density at radius 3 is 2.79 bits per heavy atom. The van der Waals surface area contributed by atoms with Gasteiger partial charge >= 0.3 is 6.18 Å². The van der Waals surface area contributed by atoms with Gasteiger partial charge in [-0.1, -0.05) is 6.07 Å². The fourth-order valence-corrected chi connectivity index (χ4v) is 3.53. The molecule has 154 valence electrons. The molecule has 1 saturated heterocycles. The van der Waals surface area contributed by atoms with Gasteiger partial charge in [0.05, 0.1) is 11.3 Å². The number of likely N-dealkylation sites (tertiary alicyclic amines) is 1. The number of anilines is 1. The molecule has 6 nitrogen and oxygen atoms in total. The van der Waals surface area contributed by atoms with Crippen LogP contribution in [0.5, 0.6) is 5.88 Å². The summed E-state index contributed by atoms with van der Waals surface area (Å²) in [5.74, 6) is 1.52. The van der Waals surface area contributed by atoms with Crippen molar-refractivity contribution in [3.8, 4) is 5.88 Å². The lowest BCUT2D eigenvalue weighted by Crippen LogP contribution is -2.24. The van der Waals surface area contributed by atoms with Gasteiger partial charge in [-0.15, -0.1) is 0 Å². The van der Waals surface area contributed by atoms with Gasteiger partial charge in [0.1, 0.15) is 5.82 Å². The predicted molar refractivity (Wildman–Crippen MR) is 100 cm³/mol. The Balaban J connectivity index is 1.56. The number of pyridine rings is 1. The molecule has 0 amide bonds. The number of aromatic nitrogens is 3. The molecule has 1 aliphatic heterocycles. The van der Waals surface area contributed by atoms with Crippen LogP contribution in [0.1, 0.15) is 23.4 Å². The predicted octanol–water partition coefficient (Wildman–Crippen LogP) is 3.31. The van der Waals surface area contributed by atoms with E-state index in [2.05, 4.69) is 20.3 Å². The molecule has 9 heteroatoms. The van der Waals surface area contributed by atoms with Crippen molar-refractivity contribution in [2.24, 2.45) is 13.0 Å². The van der Waals surface area contributed by atoms with E-state index in [1.54, 1.807) is 14.0 Å². The first kappa shape index (κ1) is 20.4. The zero-order valence-corrected chi connectivity index (χ0v) is 16.4. The van der Waals surface area contributed by atoms with Crippen LogP contribution in [-0.4, -0.2) is 52.1 Å². The molecule has 0 bridgehead atoms. The van der Waals surface area contributed by atoms with Gasteiger partial charge in [0, 0.05) is 32.4 Å². The van der Waals surface area contributed by atoms with Crippen LogP contribution in [0, 0.1) is 19.8 Å². The zero-order valence-electron chi connectivity index (χ0n) is 16.4. The second-order valence-electron chi connectivity index (χ2n) is 7.33. The number of alkyl halides is 3. The Hall–Kier alpha value is -2.29. The van der Waals surface area contributed by atoms with Gasteiger partial charge in [-0.25, -0.2) is 9.67 Å².